The number of hydrogen-bond acceptors (Lipinski definition) is 3. The van der Waals surface area contributed by atoms with Crippen LogP contribution in [0.2, 0.25) is 0 Å². The van der Waals surface area contributed by atoms with Crippen molar-refractivity contribution in [3.8, 4) is 11.3 Å². The molecule has 3 nitrogen and oxygen atoms in total. The lowest BCUT2D eigenvalue weighted by molar-refractivity contribution is -0.126. The third kappa shape index (κ3) is 4.21. The van der Waals surface area contributed by atoms with Crippen molar-refractivity contribution < 1.29 is 18.0 Å². The summed E-state index contributed by atoms with van der Waals surface area (Å²) in [4.78, 5) is 13.5. The molecule has 5 rings (SSSR count). The molecular formula is C27H23F2NO2. The van der Waals surface area contributed by atoms with E-state index in [1.807, 2.05) is 30.3 Å². The van der Waals surface area contributed by atoms with Crippen LogP contribution in [0.15, 0.2) is 71.1 Å². The van der Waals surface area contributed by atoms with Crippen molar-refractivity contribution in [3.63, 3.8) is 0 Å². The first-order valence-corrected chi connectivity index (χ1v) is 10.7. The highest BCUT2D eigenvalue weighted by Gasteiger charge is 2.29. The quantitative estimate of drug-likeness (QED) is 0.376. The van der Waals surface area contributed by atoms with Crippen molar-refractivity contribution in [1.82, 2.24) is 4.90 Å². The van der Waals surface area contributed by atoms with E-state index in [4.69, 9.17) is 4.42 Å². The molecule has 1 aromatic heterocycles. The molecule has 0 radical (unpaired) electrons. The van der Waals surface area contributed by atoms with Crippen molar-refractivity contribution in [2.75, 3.05) is 13.1 Å². The predicted octanol–water partition coefficient (Wildman–Crippen LogP) is 5.99. The summed E-state index contributed by atoms with van der Waals surface area (Å²) in [6.45, 7) is 3.73. The zero-order valence-electron chi connectivity index (χ0n) is 17.8. The first-order valence-electron chi connectivity index (χ1n) is 10.7. The molecule has 5 heteroatoms. The molecule has 3 aromatic carbocycles. The van der Waals surface area contributed by atoms with Gasteiger partial charge in [-0.3, -0.25) is 9.69 Å². The van der Waals surface area contributed by atoms with E-state index in [9.17, 15) is 13.6 Å². The minimum atomic E-state index is -0.322. The smallest absolute Gasteiger partial charge is 0.138 e. The number of likely N-dealkylation sites (tertiary alicyclic amines) is 1. The molecule has 0 atom stereocenters. The van der Waals surface area contributed by atoms with Crippen LogP contribution < -0.4 is 0 Å². The van der Waals surface area contributed by atoms with Crippen LogP contribution in [0.5, 0.6) is 0 Å². The second-order valence-corrected chi connectivity index (χ2v) is 8.60. The summed E-state index contributed by atoms with van der Waals surface area (Å²) < 4.78 is 33.9. The molecule has 0 spiro atoms. The van der Waals surface area contributed by atoms with Crippen molar-refractivity contribution in [3.05, 3.63) is 95.1 Å². The van der Waals surface area contributed by atoms with Gasteiger partial charge in [0.1, 0.15) is 28.8 Å². The van der Waals surface area contributed by atoms with Gasteiger partial charge < -0.3 is 4.42 Å². The Bertz CT molecular complexity index is 1290. The molecule has 0 saturated carbocycles. The monoisotopic (exact) mass is 431 g/mol. The number of ketones is 1. The summed E-state index contributed by atoms with van der Waals surface area (Å²) in [5.41, 5.74) is 4.10. The molecule has 0 unspecified atom stereocenters. The number of carbonyl (C=O) groups is 1. The van der Waals surface area contributed by atoms with Crippen LogP contribution in [0.25, 0.3) is 22.3 Å². The Morgan fingerprint density at radius 2 is 1.66 bits per heavy atom. The SMILES string of the molecule is CC(=O)C1CN(Cc2ccc(-c3cc4cc(Cc5ccc(F)cc5)ccc4o3)c(F)c2)C1. The van der Waals surface area contributed by atoms with Gasteiger partial charge in [0.15, 0.2) is 0 Å². The van der Waals surface area contributed by atoms with E-state index < -0.39 is 0 Å². The summed E-state index contributed by atoms with van der Waals surface area (Å²) in [6.07, 6.45) is 0.681. The lowest BCUT2D eigenvalue weighted by Gasteiger charge is -2.37. The maximum Gasteiger partial charge on any atom is 0.138 e. The van der Waals surface area contributed by atoms with Gasteiger partial charge in [-0.25, -0.2) is 8.78 Å². The fourth-order valence-electron chi connectivity index (χ4n) is 4.24. The fourth-order valence-corrected chi connectivity index (χ4v) is 4.24. The molecule has 1 saturated heterocycles. The third-order valence-corrected chi connectivity index (χ3v) is 6.14. The van der Waals surface area contributed by atoms with E-state index in [0.717, 1.165) is 35.2 Å². The van der Waals surface area contributed by atoms with Crippen LogP contribution in [-0.2, 0) is 17.8 Å². The van der Waals surface area contributed by atoms with Crippen LogP contribution >= 0.6 is 0 Å². The molecule has 162 valence electrons. The second kappa shape index (κ2) is 8.32. The van der Waals surface area contributed by atoms with Gasteiger partial charge in [0, 0.05) is 30.9 Å². The minimum Gasteiger partial charge on any atom is -0.456 e. The number of Topliss-reactive ketones (excluding diaryl/α,β-unsaturated/α-hetero) is 1. The fraction of sp³-hybridized carbons (Fsp3) is 0.222. The Kier molecular flexibility index (Phi) is 5.35. The number of hydrogen-bond donors (Lipinski definition) is 0. The number of rotatable bonds is 6. The van der Waals surface area contributed by atoms with Crippen LogP contribution in [0.1, 0.15) is 23.6 Å². The van der Waals surface area contributed by atoms with Crippen molar-refractivity contribution >= 4 is 16.8 Å². The molecule has 0 aliphatic carbocycles. The molecule has 2 heterocycles. The first-order chi connectivity index (χ1) is 15.4. The molecule has 4 aromatic rings. The van der Waals surface area contributed by atoms with E-state index in [1.54, 1.807) is 31.2 Å². The van der Waals surface area contributed by atoms with Gasteiger partial charge >= 0.3 is 0 Å². The van der Waals surface area contributed by atoms with Crippen molar-refractivity contribution in [2.45, 2.75) is 19.9 Å². The lowest BCUT2D eigenvalue weighted by Crippen LogP contribution is -2.48. The average Bonchev–Trinajstić information content (AvgIpc) is 3.15. The summed E-state index contributed by atoms with van der Waals surface area (Å²) >= 11 is 0. The van der Waals surface area contributed by atoms with Gasteiger partial charge in [-0.2, -0.15) is 0 Å². The Morgan fingerprint density at radius 3 is 2.38 bits per heavy atom. The number of carbonyl (C=O) groups excluding carboxylic acids is 1. The zero-order chi connectivity index (χ0) is 22.2. The Morgan fingerprint density at radius 1 is 0.938 bits per heavy atom. The lowest BCUT2D eigenvalue weighted by atomic mass is 9.95. The molecular weight excluding hydrogens is 408 g/mol. The maximum absolute atomic E-state index is 14.9. The Labute approximate surface area is 185 Å². The van der Waals surface area contributed by atoms with Crippen LogP contribution in [-0.4, -0.2) is 23.8 Å². The maximum atomic E-state index is 14.9. The molecule has 0 bridgehead atoms. The van der Waals surface area contributed by atoms with E-state index in [0.29, 0.717) is 29.9 Å². The van der Waals surface area contributed by atoms with Crippen molar-refractivity contribution in [2.24, 2.45) is 5.92 Å². The van der Waals surface area contributed by atoms with Gasteiger partial charge in [-0.1, -0.05) is 24.3 Å². The van der Waals surface area contributed by atoms with Crippen LogP contribution in [0.3, 0.4) is 0 Å². The molecule has 32 heavy (non-hydrogen) atoms. The van der Waals surface area contributed by atoms with Gasteiger partial charge in [-0.15, -0.1) is 0 Å². The van der Waals surface area contributed by atoms with Gasteiger partial charge in [-0.05, 0) is 72.5 Å². The standard InChI is InChI=1S/C27H23F2NO2/c1-17(31)22-15-30(16-22)14-20-4-8-24(25(29)12-20)27-13-21-11-19(5-9-26(21)32-27)10-18-2-6-23(28)7-3-18/h2-9,11-13,22H,10,14-16H2,1H3. The second-order valence-electron chi connectivity index (χ2n) is 8.60. The minimum absolute atomic E-state index is 0.114. The highest BCUT2D eigenvalue weighted by Crippen LogP contribution is 2.31. The molecule has 1 fully saturated rings. The molecule has 0 amide bonds. The summed E-state index contributed by atoms with van der Waals surface area (Å²) in [5.74, 6) is 0.248. The van der Waals surface area contributed by atoms with Crippen LogP contribution in [0, 0.1) is 17.6 Å². The van der Waals surface area contributed by atoms with Gasteiger partial charge in [0.05, 0.1) is 5.56 Å². The van der Waals surface area contributed by atoms with E-state index in [2.05, 4.69) is 4.90 Å². The largest absolute Gasteiger partial charge is 0.456 e. The number of benzene rings is 3. The van der Waals surface area contributed by atoms with Gasteiger partial charge in [0.2, 0.25) is 0 Å². The Balaban J connectivity index is 1.33. The average molecular weight is 431 g/mol. The van der Waals surface area contributed by atoms with Crippen LogP contribution in [0.4, 0.5) is 8.78 Å². The number of furan rings is 1. The Hall–Kier alpha value is -3.31. The normalized spacial score (nSPS) is 14.6. The number of halogens is 2. The summed E-state index contributed by atoms with van der Waals surface area (Å²) in [5, 5.41) is 0.902. The summed E-state index contributed by atoms with van der Waals surface area (Å²) in [6, 6.07) is 19.4. The summed E-state index contributed by atoms with van der Waals surface area (Å²) in [7, 11) is 0. The number of nitrogens with zero attached hydrogens (tertiary/aromatic N) is 1. The highest BCUT2D eigenvalue weighted by molar-refractivity contribution is 5.83. The van der Waals surface area contributed by atoms with E-state index >= 15 is 0 Å². The zero-order valence-corrected chi connectivity index (χ0v) is 17.8. The van der Waals surface area contributed by atoms with Gasteiger partial charge in [0.25, 0.3) is 0 Å². The third-order valence-electron chi connectivity index (χ3n) is 6.14. The molecule has 0 N–H and O–H groups in total. The number of fused-ring (bicyclic) bond motifs is 1. The molecule has 1 aliphatic rings. The van der Waals surface area contributed by atoms with Crippen molar-refractivity contribution in [1.29, 1.82) is 0 Å². The highest BCUT2D eigenvalue weighted by atomic mass is 19.1. The van der Waals surface area contributed by atoms with E-state index in [1.165, 1.54) is 12.1 Å². The molecule has 1 aliphatic heterocycles. The predicted molar refractivity (Wildman–Crippen MR) is 120 cm³/mol. The van der Waals surface area contributed by atoms with E-state index in [-0.39, 0.29) is 23.3 Å². The topological polar surface area (TPSA) is 33.5 Å². The first kappa shape index (κ1) is 20.6.